The molecule has 0 unspecified atom stereocenters. The molecular weight excluding hydrogens is 358 g/mol. The van der Waals surface area contributed by atoms with E-state index < -0.39 is 46.9 Å². The molecule has 0 radical (unpaired) electrons. The van der Waals surface area contributed by atoms with E-state index in [1.165, 1.54) is 26.2 Å². The van der Waals surface area contributed by atoms with Gasteiger partial charge in [0.2, 0.25) is 0 Å². The second kappa shape index (κ2) is 7.85. The van der Waals surface area contributed by atoms with Gasteiger partial charge in [0.1, 0.15) is 0 Å². The third kappa shape index (κ3) is 4.11. The molecule has 2 aromatic carbocycles. The van der Waals surface area contributed by atoms with Crippen molar-refractivity contribution in [3.05, 3.63) is 59.2 Å². The first kappa shape index (κ1) is 19.2. The lowest BCUT2D eigenvalue weighted by atomic mass is 10.2. The van der Waals surface area contributed by atoms with Gasteiger partial charge in [0.05, 0.1) is 18.4 Å². The number of carbonyl (C=O) groups is 2. The number of nitrogens with one attached hydrogen (secondary N) is 1. The summed E-state index contributed by atoms with van der Waals surface area (Å²) in [6.07, 6.45) is -1.42. The highest BCUT2D eigenvalue weighted by atomic mass is 19.2. The molecule has 9 heteroatoms. The number of hydrogen-bond acceptors (Lipinski definition) is 4. The Kier molecular flexibility index (Phi) is 5.81. The zero-order chi connectivity index (χ0) is 19.4. The van der Waals surface area contributed by atoms with E-state index in [0.717, 1.165) is 12.1 Å². The van der Waals surface area contributed by atoms with Gasteiger partial charge in [-0.15, -0.1) is 0 Å². The van der Waals surface area contributed by atoms with Crippen molar-refractivity contribution in [2.24, 2.45) is 0 Å². The number of anilines is 1. The topological polar surface area (TPSA) is 64.6 Å². The normalized spacial score (nSPS) is 11.6. The minimum absolute atomic E-state index is 0.0823. The monoisotopic (exact) mass is 371 g/mol. The molecule has 2 rings (SSSR count). The fraction of sp³-hybridized carbons (Fsp3) is 0.176. The zero-order valence-electron chi connectivity index (χ0n) is 13.6. The molecule has 26 heavy (non-hydrogen) atoms. The zero-order valence-corrected chi connectivity index (χ0v) is 13.6. The first-order valence-electron chi connectivity index (χ1n) is 7.23. The number of amides is 1. The van der Waals surface area contributed by atoms with Crippen molar-refractivity contribution in [2.75, 3.05) is 12.4 Å². The van der Waals surface area contributed by atoms with Crippen LogP contribution in [0.5, 0.6) is 5.75 Å². The van der Waals surface area contributed by atoms with Crippen LogP contribution in [0.4, 0.5) is 23.2 Å². The van der Waals surface area contributed by atoms with Gasteiger partial charge in [0.15, 0.2) is 35.1 Å². The molecule has 1 atom stereocenters. The SMILES string of the molecule is COc1ccc(C(=O)O[C@H](C)C(=O)Nc2ccc(F)c(F)c2F)cc1F. The highest BCUT2D eigenvalue weighted by Crippen LogP contribution is 2.21. The molecule has 1 amide bonds. The molecule has 0 aliphatic rings. The minimum atomic E-state index is -1.75. The Morgan fingerprint density at radius 3 is 2.31 bits per heavy atom. The second-order valence-corrected chi connectivity index (χ2v) is 5.11. The molecule has 138 valence electrons. The van der Waals surface area contributed by atoms with Crippen molar-refractivity contribution >= 4 is 17.6 Å². The molecule has 0 saturated carbocycles. The van der Waals surface area contributed by atoms with Crippen LogP contribution in [0, 0.1) is 23.3 Å². The van der Waals surface area contributed by atoms with Crippen molar-refractivity contribution in [1.29, 1.82) is 0 Å². The Morgan fingerprint density at radius 1 is 1.00 bits per heavy atom. The molecule has 0 aromatic heterocycles. The van der Waals surface area contributed by atoms with Crippen LogP contribution in [-0.2, 0) is 9.53 Å². The van der Waals surface area contributed by atoms with Crippen LogP contribution in [0.3, 0.4) is 0 Å². The Balaban J connectivity index is 2.06. The van der Waals surface area contributed by atoms with E-state index in [0.29, 0.717) is 6.07 Å². The molecular formula is C17H13F4NO4. The average molecular weight is 371 g/mol. The van der Waals surface area contributed by atoms with Gasteiger partial charge in [0, 0.05) is 0 Å². The van der Waals surface area contributed by atoms with Gasteiger partial charge >= 0.3 is 5.97 Å². The maximum Gasteiger partial charge on any atom is 0.339 e. The largest absolute Gasteiger partial charge is 0.494 e. The highest BCUT2D eigenvalue weighted by Gasteiger charge is 2.22. The summed E-state index contributed by atoms with van der Waals surface area (Å²) in [7, 11) is 1.25. The molecule has 2 aromatic rings. The molecule has 0 heterocycles. The van der Waals surface area contributed by atoms with E-state index in [9.17, 15) is 27.2 Å². The van der Waals surface area contributed by atoms with E-state index in [-0.39, 0.29) is 11.3 Å². The van der Waals surface area contributed by atoms with E-state index in [1.807, 2.05) is 5.32 Å². The summed E-state index contributed by atoms with van der Waals surface area (Å²) in [5, 5.41) is 1.97. The highest BCUT2D eigenvalue weighted by molar-refractivity contribution is 5.97. The number of hydrogen-bond donors (Lipinski definition) is 1. The summed E-state index contributed by atoms with van der Waals surface area (Å²) in [5.74, 6) is -7.64. The van der Waals surface area contributed by atoms with E-state index >= 15 is 0 Å². The summed E-state index contributed by atoms with van der Waals surface area (Å²) in [6, 6.07) is 4.74. The Labute approximate surface area is 145 Å². The van der Waals surface area contributed by atoms with Crippen LogP contribution in [-0.4, -0.2) is 25.1 Å². The Hall–Kier alpha value is -3.10. The number of rotatable bonds is 5. The smallest absolute Gasteiger partial charge is 0.339 e. The standard InChI is InChI=1S/C17H13F4NO4/c1-8(16(23)22-12-5-4-10(18)14(20)15(12)21)26-17(24)9-3-6-13(25-2)11(19)7-9/h3-8H,1-2H3,(H,22,23)/t8-/m1/s1. The van der Waals surface area contributed by atoms with Crippen molar-refractivity contribution in [1.82, 2.24) is 0 Å². The van der Waals surface area contributed by atoms with Crippen LogP contribution in [0.15, 0.2) is 30.3 Å². The number of benzene rings is 2. The van der Waals surface area contributed by atoms with Gasteiger partial charge in [0.25, 0.3) is 5.91 Å². The van der Waals surface area contributed by atoms with Crippen molar-refractivity contribution < 1.29 is 36.6 Å². The van der Waals surface area contributed by atoms with Gasteiger partial charge in [-0.3, -0.25) is 4.79 Å². The lowest BCUT2D eigenvalue weighted by molar-refractivity contribution is -0.123. The maximum atomic E-state index is 13.6. The Bertz CT molecular complexity index is 857. The van der Waals surface area contributed by atoms with Crippen molar-refractivity contribution in [3.8, 4) is 5.75 Å². The van der Waals surface area contributed by atoms with Gasteiger partial charge in [-0.2, -0.15) is 0 Å². The van der Waals surface area contributed by atoms with Crippen LogP contribution in [0.1, 0.15) is 17.3 Å². The second-order valence-electron chi connectivity index (χ2n) is 5.11. The fourth-order valence-corrected chi connectivity index (χ4v) is 1.93. The minimum Gasteiger partial charge on any atom is -0.494 e. The lowest BCUT2D eigenvalue weighted by Gasteiger charge is -2.14. The summed E-state index contributed by atoms with van der Waals surface area (Å²) in [5.41, 5.74) is -0.797. The van der Waals surface area contributed by atoms with Gasteiger partial charge in [-0.1, -0.05) is 0 Å². The quantitative estimate of drug-likeness (QED) is 0.497. The van der Waals surface area contributed by atoms with Gasteiger partial charge in [-0.05, 0) is 37.3 Å². The number of esters is 1. The van der Waals surface area contributed by atoms with Crippen LogP contribution in [0.25, 0.3) is 0 Å². The molecule has 0 spiro atoms. The fourth-order valence-electron chi connectivity index (χ4n) is 1.93. The van der Waals surface area contributed by atoms with E-state index in [1.54, 1.807) is 0 Å². The summed E-state index contributed by atoms with van der Waals surface area (Å²) in [4.78, 5) is 23.9. The van der Waals surface area contributed by atoms with Crippen molar-refractivity contribution in [3.63, 3.8) is 0 Å². The number of methoxy groups -OCH3 is 1. The molecule has 0 fully saturated rings. The third-order valence-corrected chi connectivity index (χ3v) is 3.33. The predicted octanol–water partition coefficient (Wildman–Crippen LogP) is 3.44. The van der Waals surface area contributed by atoms with Gasteiger partial charge < -0.3 is 14.8 Å². The maximum absolute atomic E-state index is 13.6. The molecule has 0 saturated heterocycles. The van der Waals surface area contributed by atoms with Crippen LogP contribution >= 0.6 is 0 Å². The summed E-state index contributed by atoms with van der Waals surface area (Å²) in [6.45, 7) is 1.17. The van der Waals surface area contributed by atoms with Crippen molar-refractivity contribution in [2.45, 2.75) is 13.0 Å². The Morgan fingerprint density at radius 2 is 1.69 bits per heavy atom. The summed E-state index contributed by atoms with van der Waals surface area (Å²) < 4.78 is 62.7. The molecule has 0 bridgehead atoms. The van der Waals surface area contributed by atoms with Gasteiger partial charge in [-0.25, -0.2) is 22.4 Å². The van der Waals surface area contributed by atoms with Crippen LogP contribution in [0.2, 0.25) is 0 Å². The number of halogens is 4. The number of ether oxygens (including phenoxy) is 2. The van der Waals surface area contributed by atoms with E-state index in [2.05, 4.69) is 0 Å². The average Bonchev–Trinajstić information content (AvgIpc) is 2.61. The third-order valence-electron chi connectivity index (χ3n) is 3.33. The summed E-state index contributed by atoms with van der Waals surface area (Å²) >= 11 is 0. The lowest BCUT2D eigenvalue weighted by Crippen LogP contribution is -2.30. The molecule has 0 aliphatic heterocycles. The molecule has 1 N–H and O–H groups in total. The predicted molar refractivity (Wildman–Crippen MR) is 82.8 cm³/mol. The first-order valence-corrected chi connectivity index (χ1v) is 7.23. The van der Waals surface area contributed by atoms with Crippen LogP contribution < -0.4 is 10.1 Å². The number of carbonyl (C=O) groups excluding carboxylic acids is 2. The first-order chi connectivity index (χ1) is 12.2. The molecule has 5 nitrogen and oxygen atoms in total. The van der Waals surface area contributed by atoms with E-state index in [4.69, 9.17) is 9.47 Å². The molecule has 0 aliphatic carbocycles.